The van der Waals surface area contributed by atoms with E-state index in [1.165, 1.54) is 6.07 Å². The van der Waals surface area contributed by atoms with Crippen molar-refractivity contribution in [1.29, 1.82) is 0 Å². The van der Waals surface area contributed by atoms with Crippen LogP contribution < -0.4 is 10.9 Å². The van der Waals surface area contributed by atoms with Crippen LogP contribution in [0.3, 0.4) is 0 Å². The molecular weight excluding hydrogens is 445 g/mol. The van der Waals surface area contributed by atoms with Gasteiger partial charge in [-0.3, -0.25) is 19.5 Å². The first-order valence-electron chi connectivity index (χ1n) is 10.9. The molecule has 1 saturated heterocycles. The Hall–Kier alpha value is -3.10. The molecule has 3 heterocycles. The number of pyridine rings is 1. The van der Waals surface area contributed by atoms with Crippen LogP contribution in [0.5, 0.6) is 0 Å². The summed E-state index contributed by atoms with van der Waals surface area (Å²) in [5.74, 6) is -0.328. The standard InChI is InChI=1S/C24H25ClFN5O2/c1-15-17(24(33)30-23(29-15)16-6-5-9-27-13-16)12-21(32)28-14-20(31-10-2-3-11-31)22-18(25)7-4-8-19(22)26/h4-9,13,20H,2-3,10-12,14H2,1H3,(H,28,32)(H,29,30,33). The first-order valence-corrected chi connectivity index (χ1v) is 11.3. The van der Waals surface area contributed by atoms with Crippen LogP contribution in [-0.4, -0.2) is 45.4 Å². The van der Waals surface area contributed by atoms with E-state index >= 15 is 0 Å². The Kier molecular flexibility index (Phi) is 7.15. The Labute approximate surface area is 196 Å². The van der Waals surface area contributed by atoms with E-state index in [0.29, 0.717) is 33.2 Å². The number of likely N-dealkylation sites (tertiary alicyclic amines) is 1. The maximum atomic E-state index is 14.6. The van der Waals surface area contributed by atoms with E-state index in [9.17, 15) is 14.0 Å². The Morgan fingerprint density at radius 3 is 2.73 bits per heavy atom. The number of aromatic nitrogens is 3. The molecule has 0 bridgehead atoms. The Bertz CT molecular complexity index is 1170. The zero-order valence-corrected chi connectivity index (χ0v) is 19.0. The first kappa shape index (κ1) is 23.1. The van der Waals surface area contributed by atoms with Gasteiger partial charge in [-0.05, 0) is 57.1 Å². The van der Waals surface area contributed by atoms with Crippen molar-refractivity contribution in [2.24, 2.45) is 0 Å². The molecule has 2 aromatic heterocycles. The molecule has 0 aliphatic carbocycles. The smallest absolute Gasteiger partial charge is 0.255 e. The third-order valence-electron chi connectivity index (χ3n) is 5.90. The van der Waals surface area contributed by atoms with Crippen molar-refractivity contribution in [1.82, 2.24) is 25.2 Å². The summed E-state index contributed by atoms with van der Waals surface area (Å²) < 4.78 is 14.6. The number of aromatic amines is 1. The maximum Gasteiger partial charge on any atom is 0.255 e. The van der Waals surface area contributed by atoms with E-state index in [1.807, 2.05) is 0 Å². The average Bonchev–Trinajstić information content (AvgIpc) is 3.33. The summed E-state index contributed by atoms with van der Waals surface area (Å²) in [5.41, 5.74) is 1.47. The van der Waals surface area contributed by atoms with E-state index in [1.54, 1.807) is 43.6 Å². The molecule has 1 amide bonds. The second-order valence-corrected chi connectivity index (χ2v) is 8.50. The molecule has 1 aliphatic heterocycles. The molecule has 3 aromatic rings. The number of aryl methyl sites for hydroxylation is 1. The van der Waals surface area contributed by atoms with Gasteiger partial charge in [0.15, 0.2) is 0 Å². The molecule has 1 aliphatic rings. The molecular formula is C24H25ClFN5O2. The highest BCUT2D eigenvalue weighted by molar-refractivity contribution is 6.31. The zero-order valence-electron chi connectivity index (χ0n) is 18.3. The first-order chi connectivity index (χ1) is 15.9. The Balaban J connectivity index is 1.49. The van der Waals surface area contributed by atoms with Crippen LogP contribution in [0.4, 0.5) is 4.39 Å². The number of hydrogen-bond acceptors (Lipinski definition) is 5. The largest absolute Gasteiger partial charge is 0.354 e. The second-order valence-electron chi connectivity index (χ2n) is 8.10. The molecule has 0 saturated carbocycles. The van der Waals surface area contributed by atoms with Crippen LogP contribution in [0, 0.1) is 12.7 Å². The molecule has 1 aromatic carbocycles. The molecule has 2 N–H and O–H groups in total. The number of benzene rings is 1. The molecule has 0 radical (unpaired) electrons. The van der Waals surface area contributed by atoms with Gasteiger partial charge in [0, 0.05) is 46.3 Å². The SMILES string of the molecule is Cc1nc(-c2cccnc2)[nH]c(=O)c1CC(=O)NCC(c1c(F)cccc1Cl)N1CCCC1. The highest BCUT2D eigenvalue weighted by atomic mass is 35.5. The third kappa shape index (κ3) is 5.29. The summed E-state index contributed by atoms with van der Waals surface area (Å²) in [7, 11) is 0. The van der Waals surface area contributed by atoms with Gasteiger partial charge in [-0.15, -0.1) is 0 Å². The van der Waals surface area contributed by atoms with Crippen LogP contribution in [0.15, 0.2) is 47.5 Å². The van der Waals surface area contributed by atoms with Crippen LogP contribution in [0.2, 0.25) is 5.02 Å². The third-order valence-corrected chi connectivity index (χ3v) is 6.23. The van der Waals surface area contributed by atoms with E-state index in [4.69, 9.17) is 11.6 Å². The molecule has 1 unspecified atom stereocenters. The Morgan fingerprint density at radius 1 is 1.27 bits per heavy atom. The lowest BCUT2D eigenvalue weighted by molar-refractivity contribution is -0.120. The van der Waals surface area contributed by atoms with Gasteiger partial charge < -0.3 is 10.3 Å². The van der Waals surface area contributed by atoms with Crippen LogP contribution in [0.1, 0.15) is 35.7 Å². The number of halogens is 2. The molecule has 1 fully saturated rings. The van der Waals surface area contributed by atoms with Gasteiger partial charge in [-0.1, -0.05) is 17.7 Å². The van der Waals surface area contributed by atoms with E-state index in [-0.39, 0.29) is 30.5 Å². The van der Waals surface area contributed by atoms with Crippen molar-refractivity contribution in [3.05, 3.63) is 80.7 Å². The molecule has 4 rings (SSSR count). The second kappa shape index (κ2) is 10.2. The summed E-state index contributed by atoms with van der Waals surface area (Å²) in [4.78, 5) is 38.7. The lowest BCUT2D eigenvalue weighted by Crippen LogP contribution is -2.38. The topological polar surface area (TPSA) is 91.0 Å². The average molecular weight is 470 g/mol. The molecule has 1 atom stereocenters. The molecule has 172 valence electrons. The minimum atomic E-state index is -0.392. The van der Waals surface area contributed by atoms with Crippen molar-refractivity contribution >= 4 is 17.5 Å². The number of H-pyrrole nitrogens is 1. The number of rotatable bonds is 7. The fourth-order valence-corrected chi connectivity index (χ4v) is 4.48. The number of hydrogen-bond donors (Lipinski definition) is 2. The van der Waals surface area contributed by atoms with Gasteiger partial charge in [0.05, 0.1) is 12.5 Å². The maximum absolute atomic E-state index is 14.6. The number of carbonyl (C=O) groups is 1. The lowest BCUT2D eigenvalue weighted by Gasteiger charge is -2.29. The number of carbonyl (C=O) groups excluding carboxylic acids is 1. The van der Waals surface area contributed by atoms with E-state index < -0.39 is 5.82 Å². The zero-order chi connectivity index (χ0) is 23.4. The van der Waals surface area contributed by atoms with Gasteiger partial charge in [-0.25, -0.2) is 9.37 Å². The van der Waals surface area contributed by atoms with Crippen molar-refractivity contribution < 1.29 is 9.18 Å². The molecule has 7 nitrogen and oxygen atoms in total. The van der Waals surface area contributed by atoms with Crippen LogP contribution in [0.25, 0.3) is 11.4 Å². The predicted molar refractivity (Wildman–Crippen MR) is 124 cm³/mol. The quantitative estimate of drug-likeness (QED) is 0.553. The number of nitrogens with zero attached hydrogens (tertiary/aromatic N) is 3. The highest BCUT2D eigenvalue weighted by Crippen LogP contribution is 2.32. The van der Waals surface area contributed by atoms with Gasteiger partial charge >= 0.3 is 0 Å². The van der Waals surface area contributed by atoms with Gasteiger partial charge in [0.1, 0.15) is 11.6 Å². The monoisotopic (exact) mass is 469 g/mol. The van der Waals surface area contributed by atoms with Gasteiger partial charge in [0.2, 0.25) is 5.91 Å². The van der Waals surface area contributed by atoms with Crippen LogP contribution in [-0.2, 0) is 11.2 Å². The van der Waals surface area contributed by atoms with Crippen molar-refractivity contribution in [3.8, 4) is 11.4 Å². The number of nitrogens with one attached hydrogen (secondary N) is 2. The van der Waals surface area contributed by atoms with Crippen molar-refractivity contribution in [2.45, 2.75) is 32.2 Å². The lowest BCUT2D eigenvalue weighted by atomic mass is 10.0. The highest BCUT2D eigenvalue weighted by Gasteiger charge is 2.28. The number of amides is 1. The van der Waals surface area contributed by atoms with Gasteiger partial charge in [-0.2, -0.15) is 0 Å². The normalized spacial score (nSPS) is 14.9. The van der Waals surface area contributed by atoms with Crippen molar-refractivity contribution in [2.75, 3.05) is 19.6 Å². The summed E-state index contributed by atoms with van der Waals surface area (Å²) in [5, 5.41) is 3.20. The summed E-state index contributed by atoms with van der Waals surface area (Å²) in [6, 6.07) is 7.77. The Morgan fingerprint density at radius 2 is 2.06 bits per heavy atom. The minimum Gasteiger partial charge on any atom is -0.354 e. The molecule has 0 spiro atoms. The molecule has 9 heteroatoms. The summed E-state index contributed by atoms with van der Waals surface area (Å²) in [6.07, 6.45) is 5.15. The van der Waals surface area contributed by atoms with E-state index in [0.717, 1.165) is 25.9 Å². The van der Waals surface area contributed by atoms with Crippen LogP contribution >= 0.6 is 11.6 Å². The fraction of sp³-hybridized carbons (Fsp3) is 0.333. The summed E-state index contributed by atoms with van der Waals surface area (Å²) in [6.45, 7) is 3.51. The summed E-state index contributed by atoms with van der Waals surface area (Å²) >= 11 is 6.32. The fourth-order valence-electron chi connectivity index (χ4n) is 4.19. The van der Waals surface area contributed by atoms with Crippen molar-refractivity contribution in [3.63, 3.8) is 0 Å². The van der Waals surface area contributed by atoms with E-state index in [2.05, 4.69) is 25.2 Å². The molecule has 33 heavy (non-hydrogen) atoms. The predicted octanol–water partition coefficient (Wildman–Crippen LogP) is 3.43. The minimum absolute atomic E-state index is 0.126. The van der Waals surface area contributed by atoms with Gasteiger partial charge in [0.25, 0.3) is 5.56 Å².